The molecule has 1 heteroatoms. The first-order chi connectivity index (χ1) is 6.17. The summed E-state index contributed by atoms with van der Waals surface area (Å²) in [7, 11) is 0. The van der Waals surface area contributed by atoms with Gasteiger partial charge >= 0.3 is 0 Å². The highest BCUT2D eigenvalue weighted by Crippen LogP contribution is 2.20. The van der Waals surface area contributed by atoms with E-state index < -0.39 is 0 Å². The van der Waals surface area contributed by atoms with Gasteiger partial charge in [0, 0.05) is 12.3 Å². The Morgan fingerprint density at radius 3 is 2.38 bits per heavy atom. The molecule has 0 radical (unpaired) electrons. The van der Waals surface area contributed by atoms with E-state index in [1.165, 1.54) is 0 Å². The minimum Gasteiger partial charge on any atom is -0.299 e. The van der Waals surface area contributed by atoms with Crippen LogP contribution in [0.3, 0.4) is 0 Å². The maximum absolute atomic E-state index is 11.7. The van der Waals surface area contributed by atoms with Crippen molar-refractivity contribution in [1.29, 1.82) is 0 Å². The molecule has 0 spiro atoms. The Bertz CT molecular complexity index is 170. The van der Waals surface area contributed by atoms with Gasteiger partial charge in [-0.15, -0.1) is 0 Å². The van der Waals surface area contributed by atoms with E-state index in [0.717, 1.165) is 19.3 Å². The molecule has 0 aromatic heterocycles. The lowest BCUT2D eigenvalue weighted by molar-refractivity contribution is -0.123. The van der Waals surface area contributed by atoms with E-state index in [2.05, 4.69) is 26.8 Å². The standard InChI is InChI=1S/C12H22O/c1-5-8-10(4)11(7-3)12(13)9-6-2/h5,8,10-11H,6-7,9H2,1-4H3/b8-5+/t10-,11+/m0/s1. The van der Waals surface area contributed by atoms with Gasteiger partial charge in [-0.2, -0.15) is 0 Å². The highest BCUT2D eigenvalue weighted by molar-refractivity contribution is 5.81. The van der Waals surface area contributed by atoms with Crippen molar-refractivity contribution in [3.05, 3.63) is 12.2 Å². The summed E-state index contributed by atoms with van der Waals surface area (Å²) >= 11 is 0. The van der Waals surface area contributed by atoms with Gasteiger partial charge in [-0.1, -0.05) is 32.9 Å². The maximum Gasteiger partial charge on any atom is 0.136 e. The number of allylic oxidation sites excluding steroid dienone is 2. The zero-order valence-electron chi connectivity index (χ0n) is 9.34. The first-order valence-electron chi connectivity index (χ1n) is 5.32. The molecule has 13 heavy (non-hydrogen) atoms. The summed E-state index contributed by atoms with van der Waals surface area (Å²) in [5.41, 5.74) is 0. The minimum atomic E-state index is 0.233. The molecule has 0 rings (SSSR count). The predicted octanol–water partition coefficient (Wildman–Crippen LogP) is 3.59. The number of hydrogen-bond acceptors (Lipinski definition) is 1. The van der Waals surface area contributed by atoms with E-state index in [1.54, 1.807) is 0 Å². The van der Waals surface area contributed by atoms with E-state index in [4.69, 9.17) is 0 Å². The summed E-state index contributed by atoms with van der Waals surface area (Å²) in [4.78, 5) is 11.7. The van der Waals surface area contributed by atoms with Gasteiger partial charge in [0.1, 0.15) is 5.78 Å². The molecule has 0 amide bonds. The number of hydrogen-bond donors (Lipinski definition) is 0. The van der Waals surface area contributed by atoms with Crippen LogP contribution in [0.15, 0.2) is 12.2 Å². The number of carbonyl (C=O) groups is 1. The van der Waals surface area contributed by atoms with Crippen molar-refractivity contribution in [2.45, 2.75) is 47.0 Å². The van der Waals surface area contributed by atoms with E-state index in [-0.39, 0.29) is 5.92 Å². The molecule has 0 aliphatic carbocycles. The van der Waals surface area contributed by atoms with Crippen LogP contribution in [-0.2, 0) is 4.79 Å². The first-order valence-corrected chi connectivity index (χ1v) is 5.32. The molecular formula is C12H22O. The van der Waals surface area contributed by atoms with Crippen molar-refractivity contribution in [1.82, 2.24) is 0 Å². The average Bonchev–Trinajstić information content (AvgIpc) is 2.06. The molecule has 0 aliphatic heterocycles. The summed E-state index contributed by atoms with van der Waals surface area (Å²) in [5.74, 6) is 1.06. The fourth-order valence-corrected chi connectivity index (χ4v) is 1.76. The van der Waals surface area contributed by atoms with Gasteiger partial charge in [0.25, 0.3) is 0 Å². The van der Waals surface area contributed by atoms with Crippen LogP contribution in [0.25, 0.3) is 0 Å². The molecule has 0 heterocycles. The van der Waals surface area contributed by atoms with Gasteiger partial charge in [0.05, 0.1) is 0 Å². The molecule has 1 nitrogen and oxygen atoms in total. The van der Waals surface area contributed by atoms with Gasteiger partial charge in [-0.05, 0) is 25.7 Å². The van der Waals surface area contributed by atoms with Crippen molar-refractivity contribution >= 4 is 5.78 Å². The van der Waals surface area contributed by atoms with Crippen molar-refractivity contribution < 1.29 is 4.79 Å². The summed E-state index contributed by atoms with van der Waals surface area (Å²) in [6.07, 6.45) is 6.83. The monoisotopic (exact) mass is 182 g/mol. The van der Waals surface area contributed by atoms with Crippen LogP contribution >= 0.6 is 0 Å². The Balaban J connectivity index is 4.22. The third-order valence-electron chi connectivity index (χ3n) is 2.48. The molecule has 0 aliphatic rings. The molecule has 0 aromatic rings. The topological polar surface area (TPSA) is 17.1 Å². The quantitative estimate of drug-likeness (QED) is 0.574. The summed E-state index contributed by atoms with van der Waals surface area (Å²) in [6, 6.07) is 0. The molecule has 0 saturated carbocycles. The van der Waals surface area contributed by atoms with Crippen molar-refractivity contribution in [3.63, 3.8) is 0 Å². The van der Waals surface area contributed by atoms with Crippen LogP contribution in [0.5, 0.6) is 0 Å². The Morgan fingerprint density at radius 2 is 2.00 bits per heavy atom. The van der Waals surface area contributed by atoms with Crippen LogP contribution in [-0.4, -0.2) is 5.78 Å². The second kappa shape index (κ2) is 6.88. The molecule has 0 N–H and O–H groups in total. The van der Waals surface area contributed by atoms with E-state index in [0.29, 0.717) is 11.7 Å². The van der Waals surface area contributed by atoms with E-state index in [1.807, 2.05) is 13.0 Å². The normalized spacial score (nSPS) is 16.0. The van der Waals surface area contributed by atoms with Crippen LogP contribution in [0.1, 0.15) is 47.0 Å². The Kier molecular flexibility index (Phi) is 6.56. The molecule has 2 atom stereocenters. The lowest BCUT2D eigenvalue weighted by Gasteiger charge is -2.17. The third-order valence-corrected chi connectivity index (χ3v) is 2.48. The smallest absolute Gasteiger partial charge is 0.136 e. The van der Waals surface area contributed by atoms with Gasteiger partial charge in [0.15, 0.2) is 0 Å². The SMILES string of the molecule is C/C=C/[C@H](C)[C@@H](CC)C(=O)CCC. The van der Waals surface area contributed by atoms with Crippen molar-refractivity contribution in [2.24, 2.45) is 11.8 Å². The summed E-state index contributed by atoms with van der Waals surface area (Å²) in [6.45, 7) is 8.29. The number of Topliss-reactive ketones (excluding diaryl/α,β-unsaturated/α-hetero) is 1. The van der Waals surface area contributed by atoms with Gasteiger partial charge in [-0.3, -0.25) is 4.79 Å². The summed E-state index contributed by atoms with van der Waals surface area (Å²) < 4.78 is 0. The van der Waals surface area contributed by atoms with Crippen LogP contribution in [0, 0.1) is 11.8 Å². The van der Waals surface area contributed by atoms with Gasteiger partial charge in [-0.25, -0.2) is 0 Å². The second-order valence-corrected chi connectivity index (χ2v) is 3.62. The zero-order valence-corrected chi connectivity index (χ0v) is 9.34. The third kappa shape index (κ3) is 4.25. The van der Waals surface area contributed by atoms with Gasteiger partial charge < -0.3 is 0 Å². The van der Waals surface area contributed by atoms with Crippen LogP contribution in [0.4, 0.5) is 0 Å². The summed E-state index contributed by atoms with van der Waals surface area (Å²) in [5, 5.41) is 0. The van der Waals surface area contributed by atoms with Crippen molar-refractivity contribution in [3.8, 4) is 0 Å². The fourth-order valence-electron chi connectivity index (χ4n) is 1.76. The van der Waals surface area contributed by atoms with Gasteiger partial charge in [0.2, 0.25) is 0 Å². The van der Waals surface area contributed by atoms with Crippen molar-refractivity contribution in [2.75, 3.05) is 0 Å². The number of ketones is 1. The fraction of sp³-hybridized carbons (Fsp3) is 0.750. The molecule has 0 saturated heterocycles. The predicted molar refractivity (Wildman–Crippen MR) is 57.7 cm³/mol. The Hall–Kier alpha value is -0.590. The minimum absolute atomic E-state index is 0.233. The van der Waals surface area contributed by atoms with E-state index in [9.17, 15) is 4.79 Å². The molecule has 76 valence electrons. The lowest BCUT2D eigenvalue weighted by atomic mass is 9.86. The Morgan fingerprint density at radius 1 is 1.38 bits per heavy atom. The van der Waals surface area contributed by atoms with Crippen LogP contribution < -0.4 is 0 Å². The lowest BCUT2D eigenvalue weighted by Crippen LogP contribution is -2.19. The highest BCUT2D eigenvalue weighted by Gasteiger charge is 2.19. The first kappa shape index (κ1) is 12.4. The van der Waals surface area contributed by atoms with Crippen LogP contribution in [0.2, 0.25) is 0 Å². The highest BCUT2D eigenvalue weighted by atomic mass is 16.1. The van der Waals surface area contributed by atoms with E-state index >= 15 is 0 Å². The second-order valence-electron chi connectivity index (χ2n) is 3.62. The Labute approximate surface area is 82.2 Å². The number of carbonyl (C=O) groups excluding carboxylic acids is 1. The molecular weight excluding hydrogens is 160 g/mol. The molecule has 0 bridgehead atoms. The largest absolute Gasteiger partial charge is 0.299 e. The molecule has 0 fully saturated rings. The maximum atomic E-state index is 11.7. The molecule has 0 aromatic carbocycles. The molecule has 0 unspecified atom stereocenters. The average molecular weight is 182 g/mol. The number of rotatable bonds is 6. The zero-order chi connectivity index (χ0) is 10.3.